The molecule has 0 aliphatic rings. The predicted octanol–water partition coefficient (Wildman–Crippen LogP) is 1.13. The number of carbonyl (C=O) groups excluding carboxylic acids is 1. The molecule has 5 nitrogen and oxygen atoms in total. The topological polar surface area (TPSA) is 92.4 Å². The Morgan fingerprint density at radius 2 is 2.12 bits per heavy atom. The van der Waals surface area contributed by atoms with Gasteiger partial charge in [0.15, 0.2) is 0 Å². The van der Waals surface area contributed by atoms with Gasteiger partial charge in [0.2, 0.25) is 0 Å². The summed E-state index contributed by atoms with van der Waals surface area (Å²) in [5, 5.41) is 11.3. The van der Waals surface area contributed by atoms with Gasteiger partial charge in [0, 0.05) is 5.56 Å². The maximum absolute atomic E-state index is 11.5. The molecule has 86 valence electrons. The quantitative estimate of drug-likeness (QED) is 0.693. The van der Waals surface area contributed by atoms with Crippen molar-refractivity contribution in [2.45, 2.75) is 13.0 Å². The van der Waals surface area contributed by atoms with Crippen molar-refractivity contribution in [3.05, 3.63) is 28.8 Å². The molecule has 1 aromatic carbocycles. The van der Waals surface area contributed by atoms with Crippen molar-refractivity contribution in [2.75, 3.05) is 5.73 Å². The van der Waals surface area contributed by atoms with Crippen LogP contribution in [0.25, 0.3) is 0 Å². The molecule has 4 N–H and O–H groups in total. The molecule has 6 heteroatoms. The Morgan fingerprint density at radius 3 is 2.62 bits per heavy atom. The van der Waals surface area contributed by atoms with Gasteiger partial charge < -0.3 is 16.2 Å². The van der Waals surface area contributed by atoms with Crippen LogP contribution in [0.2, 0.25) is 5.02 Å². The third-order valence-corrected chi connectivity index (χ3v) is 2.32. The summed E-state index contributed by atoms with van der Waals surface area (Å²) in [6.07, 6.45) is 0. The number of aliphatic carboxylic acids is 1. The van der Waals surface area contributed by atoms with Crippen LogP contribution in [0, 0.1) is 0 Å². The van der Waals surface area contributed by atoms with Gasteiger partial charge in [0.1, 0.15) is 6.04 Å². The Kier molecular flexibility index (Phi) is 3.73. The highest BCUT2D eigenvalue weighted by Gasteiger charge is 2.15. The number of anilines is 1. The molecule has 1 aromatic rings. The fourth-order valence-corrected chi connectivity index (χ4v) is 1.14. The van der Waals surface area contributed by atoms with Crippen molar-refractivity contribution in [1.29, 1.82) is 0 Å². The normalized spacial score (nSPS) is 11.9. The van der Waals surface area contributed by atoms with Crippen LogP contribution < -0.4 is 11.1 Å². The molecule has 0 saturated carbocycles. The lowest BCUT2D eigenvalue weighted by Gasteiger charge is -2.09. The summed E-state index contributed by atoms with van der Waals surface area (Å²) in [6, 6.07) is 3.40. The lowest BCUT2D eigenvalue weighted by atomic mass is 10.2. The van der Waals surface area contributed by atoms with Crippen LogP contribution in [0.5, 0.6) is 0 Å². The number of hydrogen-bond donors (Lipinski definition) is 3. The number of halogens is 1. The molecule has 0 spiro atoms. The summed E-state index contributed by atoms with van der Waals surface area (Å²) in [5.74, 6) is -1.60. The van der Waals surface area contributed by atoms with Gasteiger partial charge in [-0.1, -0.05) is 11.6 Å². The van der Waals surface area contributed by atoms with E-state index in [1.54, 1.807) is 0 Å². The van der Waals surface area contributed by atoms with Gasteiger partial charge in [-0.3, -0.25) is 9.59 Å². The first kappa shape index (κ1) is 12.3. The van der Waals surface area contributed by atoms with E-state index in [1.165, 1.54) is 25.1 Å². The average molecular weight is 243 g/mol. The van der Waals surface area contributed by atoms with E-state index in [9.17, 15) is 9.59 Å². The SMILES string of the molecule is C[C@H](NC(=O)c1ccc(Cl)c(N)c1)C(=O)O. The van der Waals surface area contributed by atoms with Crippen LogP contribution in [0.3, 0.4) is 0 Å². The molecular formula is C10H11ClN2O3. The molecule has 0 bridgehead atoms. The van der Waals surface area contributed by atoms with E-state index < -0.39 is 17.9 Å². The fraction of sp³-hybridized carbons (Fsp3) is 0.200. The molecule has 0 aliphatic heterocycles. The number of amides is 1. The zero-order valence-electron chi connectivity index (χ0n) is 8.53. The van der Waals surface area contributed by atoms with E-state index in [0.29, 0.717) is 5.02 Å². The number of carboxylic acid groups (broad SMARTS) is 1. The van der Waals surface area contributed by atoms with Crippen molar-refractivity contribution in [2.24, 2.45) is 0 Å². The fourth-order valence-electron chi connectivity index (χ4n) is 1.03. The van der Waals surface area contributed by atoms with E-state index in [-0.39, 0.29) is 11.3 Å². The zero-order chi connectivity index (χ0) is 12.3. The Balaban J connectivity index is 2.81. The minimum atomic E-state index is -1.10. The molecule has 0 fully saturated rings. The van der Waals surface area contributed by atoms with Gasteiger partial charge in [0.25, 0.3) is 5.91 Å². The molecule has 0 aliphatic carbocycles. The summed E-state index contributed by atoms with van der Waals surface area (Å²) in [4.78, 5) is 22.1. The largest absolute Gasteiger partial charge is 0.480 e. The second kappa shape index (κ2) is 4.85. The highest BCUT2D eigenvalue weighted by molar-refractivity contribution is 6.33. The minimum Gasteiger partial charge on any atom is -0.480 e. The van der Waals surface area contributed by atoms with Crippen LogP contribution >= 0.6 is 11.6 Å². The number of rotatable bonds is 3. The summed E-state index contributed by atoms with van der Waals surface area (Å²) in [7, 11) is 0. The maximum atomic E-state index is 11.5. The van der Waals surface area contributed by atoms with E-state index in [1.807, 2.05) is 0 Å². The monoisotopic (exact) mass is 242 g/mol. The highest BCUT2D eigenvalue weighted by atomic mass is 35.5. The van der Waals surface area contributed by atoms with Gasteiger partial charge in [-0.05, 0) is 25.1 Å². The lowest BCUT2D eigenvalue weighted by Crippen LogP contribution is -2.38. The standard InChI is InChI=1S/C10H11ClN2O3/c1-5(10(15)16)13-9(14)6-2-3-7(11)8(12)4-6/h2-5H,12H2,1H3,(H,13,14)(H,15,16)/t5-/m0/s1. The average Bonchev–Trinajstić information content (AvgIpc) is 2.21. The van der Waals surface area contributed by atoms with E-state index in [0.717, 1.165) is 0 Å². The number of carbonyl (C=O) groups is 2. The van der Waals surface area contributed by atoms with Crippen molar-refractivity contribution in [3.63, 3.8) is 0 Å². The Bertz CT molecular complexity index is 434. The number of hydrogen-bond acceptors (Lipinski definition) is 3. The summed E-state index contributed by atoms with van der Waals surface area (Å²) in [5.41, 5.74) is 6.07. The number of nitrogen functional groups attached to an aromatic ring is 1. The van der Waals surface area contributed by atoms with Crippen molar-refractivity contribution < 1.29 is 14.7 Å². The van der Waals surface area contributed by atoms with Gasteiger partial charge in [-0.2, -0.15) is 0 Å². The zero-order valence-corrected chi connectivity index (χ0v) is 9.28. The third kappa shape index (κ3) is 2.87. The Labute approximate surface area is 97.2 Å². The van der Waals surface area contributed by atoms with E-state index in [4.69, 9.17) is 22.4 Å². The maximum Gasteiger partial charge on any atom is 0.325 e. The molecule has 0 unspecified atom stereocenters. The molecule has 1 amide bonds. The molecular weight excluding hydrogens is 232 g/mol. The van der Waals surface area contributed by atoms with Crippen LogP contribution in [0.15, 0.2) is 18.2 Å². The van der Waals surface area contributed by atoms with Gasteiger partial charge >= 0.3 is 5.97 Å². The summed E-state index contributed by atoms with van der Waals surface area (Å²) < 4.78 is 0. The van der Waals surface area contributed by atoms with Crippen LogP contribution in [0.4, 0.5) is 5.69 Å². The van der Waals surface area contributed by atoms with Gasteiger partial charge in [-0.25, -0.2) is 0 Å². The van der Waals surface area contributed by atoms with Crippen LogP contribution in [-0.2, 0) is 4.79 Å². The smallest absolute Gasteiger partial charge is 0.325 e. The second-order valence-corrected chi connectivity index (χ2v) is 3.68. The molecule has 1 rings (SSSR count). The number of benzene rings is 1. The van der Waals surface area contributed by atoms with E-state index in [2.05, 4.69) is 5.32 Å². The summed E-state index contributed by atoms with van der Waals surface area (Å²) in [6.45, 7) is 1.37. The molecule has 0 radical (unpaired) electrons. The molecule has 0 aromatic heterocycles. The first-order valence-electron chi connectivity index (χ1n) is 4.50. The van der Waals surface area contributed by atoms with Gasteiger partial charge in [0.05, 0.1) is 10.7 Å². The van der Waals surface area contributed by atoms with Crippen molar-refractivity contribution in [1.82, 2.24) is 5.32 Å². The number of nitrogens with two attached hydrogens (primary N) is 1. The first-order valence-corrected chi connectivity index (χ1v) is 4.88. The third-order valence-electron chi connectivity index (χ3n) is 1.98. The molecule has 1 atom stereocenters. The predicted molar refractivity (Wildman–Crippen MR) is 60.4 cm³/mol. The Morgan fingerprint density at radius 1 is 1.50 bits per heavy atom. The minimum absolute atomic E-state index is 0.273. The first-order chi connectivity index (χ1) is 7.41. The highest BCUT2D eigenvalue weighted by Crippen LogP contribution is 2.19. The molecule has 0 saturated heterocycles. The van der Waals surface area contributed by atoms with Crippen LogP contribution in [-0.4, -0.2) is 23.0 Å². The summed E-state index contributed by atoms with van der Waals surface area (Å²) >= 11 is 5.69. The molecule has 0 heterocycles. The Hall–Kier alpha value is -1.75. The number of nitrogens with one attached hydrogen (secondary N) is 1. The molecule has 16 heavy (non-hydrogen) atoms. The van der Waals surface area contributed by atoms with Crippen molar-refractivity contribution in [3.8, 4) is 0 Å². The van der Waals surface area contributed by atoms with E-state index >= 15 is 0 Å². The van der Waals surface area contributed by atoms with Crippen molar-refractivity contribution >= 4 is 29.2 Å². The van der Waals surface area contributed by atoms with Gasteiger partial charge in [-0.15, -0.1) is 0 Å². The lowest BCUT2D eigenvalue weighted by molar-refractivity contribution is -0.138. The number of carboxylic acids is 1. The van der Waals surface area contributed by atoms with Crippen LogP contribution in [0.1, 0.15) is 17.3 Å². The second-order valence-electron chi connectivity index (χ2n) is 3.27.